The number of hydrogen-bond acceptors (Lipinski definition) is 5. The van der Waals surface area contributed by atoms with Crippen LogP contribution in [0.1, 0.15) is 43.7 Å². The van der Waals surface area contributed by atoms with Crippen molar-refractivity contribution in [2.75, 3.05) is 12.0 Å². The van der Waals surface area contributed by atoms with E-state index in [9.17, 15) is 9.59 Å². The lowest BCUT2D eigenvalue weighted by atomic mass is 9.94. The number of aromatic nitrogens is 3. The summed E-state index contributed by atoms with van der Waals surface area (Å²) < 4.78 is 22.2. The average molecular weight is 516 g/mol. The molecule has 0 bridgehead atoms. The summed E-state index contributed by atoms with van der Waals surface area (Å²) in [5.41, 5.74) is 1.85. The zero-order chi connectivity index (χ0) is 26.5. The number of para-hydroxylation sites is 1. The van der Waals surface area contributed by atoms with Crippen LogP contribution < -0.4 is 15.0 Å². The van der Waals surface area contributed by atoms with E-state index in [1.165, 1.54) is 22.8 Å². The van der Waals surface area contributed by atoms with Gasteiger partial charge in [-0.2, -0.15) is 0 Å². The van der Waals surface area contributed by atoms with Crippen molar-refractivity contribution in [1.29, 1.82) is 0 Å². The van der Waals surface area contributed by atoms with Crippen LogP contribution in [0.2, 0.25) is 0 Å². The Morgan fingerprint density at radius 1 is 1.05 bits per heavy atom. The monoisotopic (exact) mass is 515 g/mol. The maximum atomic E-state index is 15.3. The van der Waals surface area contributed by atoms with Crippen LogP contribution in [0.15, 0.2) is 72.8 Å². The van der Waals surface area contributed by atoms with Gasteiger partial charge in [0.1, 0.15) is 29.7 Å². The molecule has 1 aromatic heterocycles. The van der Waals surface area contributed by atoms with Gasteiger partial charge in [0.15, 0.2) is 0 Å². The zero-order valence-electron chi connectivity index (χ0n) is 21.2. The number of fused-ring (bicyclic) bond motifs is 1. The average Bonchev–Trinajstić information content (AvgIpc) is 3.35. The third-order valence-electron chi connectivity index (χ3n) is 6.96. The minimum atomic E-state index is -1.24. The predicted octanol–water partition coefficient (Wildman–Crippen LogP) is 4.80. The van der Waals surface area contributed by atoms with Crippen molar-refractivity contribution in [3.05, 3.63) is 84.2 Å². The Morgan fingerprint density at radius 3 is 2.61 bits per heavy atom. The number of methoxy groups -OCH3 is 1. The van der Waals surface area contributed by atoms with Crippen molar-refractivity contribution in [2.45, 2.75) is 50.7 Å². The zero-order valence-corrected chi connectivity index (χ0v) is 21.2. The summed E-state index contributed by atoms with van der Waals surface area (Å²) in [5.74, 6) is -0.933. The first kappa shape index (κ1) is 25.4. The molecule has 4 aromatic rings. The fourth-order valence-corrected chi connectivity index (χ4v) is 5.06. The number of benzene rings is 3. The number of carbonyl (C=O) groups is 2. The highest BCUT2D eigenvalue weighted by molar-refractivity contribution is 6.01. The fraction of sp³-hybridized carbons (Fsp3) is 0.310. The second-order valence-electron chi connectivity index (χ2n) is 9.47. The van der Waals surface area contributed by atoms with Gasteiger partial charge in [0, 0.05) is 23.4 Å². The number of anilines is 1. The van der Waals surface area contributed by atoms with Crippen LogP contribution in [0.25, 0.3) is 11.0 Å². The Kier molecular flexibility index (Phi) is 7.62. The van der Waals surface area contributed by atoms with Crippen LogP contribution in [0.4, 0.5) is 10.1 Å². The van der Waals surface area contributed by atoms with Gasteiger partial charge in [-0.05, 0) is 43.2 Å². The van der Waals surface area contributed by atoms with Crippen LogP contribution >= 0.6 is 0 Å². The smallest absolute Gasteiger partial charge is 0.249 e. The van der Waals surface area contributed by atoms with E-state index in [2.05, 4.69) is 15.6 Å². The first-order valence-electron chi connectivity index (χ1n) is 12.8. The summed E-state index contributed by atoms with van der Waals surface area (Å²) in [4.78, 5) is 29.3. The number of ether oxygens (including phenoxy) is 1. The van der Waals surface area contributed by atoms with E-state index in [0.29, 0.717) is 22.5 Å². The Labute approximate surface area is 220 Å². The lowest BCUT2D eigenvalue weighted by molar-refractivity contribution is -0.127. The number of nitrogens with zero attached hydrogens (tertiary/aromatic N) is 4. The molecule has 1 saturated carbocycles. The second-order valence-corrected chi connectivity index (χ2v) is 9.47. The number of halogens is 1. The maximum absolute atomic E-state index is 15.3. The molecule has 0 saturated heterocycles. The van der Waals surface area contributed by atoms with Gasteiger partial charge in [0.2, 0.25) is 11.8 Å². The summed E-state index contributed by atoms with van der Waals surface area (Å²) in [6.45, 7) is -0.195. The number of amides is 2. The largest absolute Gasteiger partial charge is 0.497 e. The molecule has 8 nitrogen and oxygen atoms in total. The van der Waals surface area contributed by atoms with Crippen molar-refractivity contribution in [3.63, 3.8) is 0 Å². The quantitative estimate of drug-likeness (QED) is 0.364. The van der Waals surface area contributed by atoms with E-state index in [1.807, 2.05) is 24.3 Å². The molecule has 0 unspecified atom stereocenters. The van der Waals surface area contributed by atoms with E-state index in [0.717, 1.165) is 32.1 Å². The van der Waals surface area contributed by atoms with Crippen molar-refractivity contribution < 1.29 is 18.7 Å². The van der Waals surface area contributed by atoms with E-state index in [1.54, 1.807) is 42.5 Å². The Hall–Kier alpha value is -4.27. The van der Waals surface area contributed by atoms with E-state index < -0.39 is 23.7 Å². The van der Waals surface area contributed by atoms with Crippen molar-refractivity contribution >= 4 is 28.5 Å². The van der Waals surface area contributed by atoms with Crippen molar-refractivity contribution in [1.82, 2.24) is 20.3 Å². The number of rotatable bonds is 8. The molecule has 38 heavy (non-hydrogen) atoms. The minimum Gasteiger partial charge on any atom is -0.497 e. The summed E-state index contributed by atoms with van der Waals surface area (Å²) >= 11 is 0. The third kappa shape index (κ3) is 5.37. The van der Waals surface area contributed by atoms with Gasteiger partial charge in [-0.25, -0.2) is 9.07 Å². The predicted molar refractivity (Wildman–Crippen MR) is 142 cm³/mol. The number of hydrogen-bond donors (Lipinski definition) is 1. The molecule has 1 N–H and O–H groups in total. The molecular formula is C29H30FN5O3. The SMILES string of the molecule is COc1cccc(N(C(=O)Cn2nnc3ccccc32)[C@@H](C(=O)NC2CCCCC2)c2ccccc2F)c1. The molecule has 0 radical (unpaired) electrons. The van der Waals surface area contributed by atoms with E-state index in [-0.39, 0.29) is 18.2 Å². The molecule has 2 amide bonds. The molecule has 196 valence electrons. The molecule has 1 aliphatic rings. The minimum absolute atomic E-state index is 0.0213. The molecule has 0 aliphatic heterocycles. The van der Waals surface area contributed by atoms with Crippen LogP contribution in [0, 0.1) is 5.82 Å². The summed E-state index contributed by atoms with van der Waals surface area (Å²) in [5, 5.41) is 11.4. The number of nitrogens with one attached hydrogen (secondary N) is 1. The fourth-order valence-electron chi connectivity index (χ4n) is 5.06. The van der Waals surface area contributed by atoms with Gasteiger partial charge in [0.25, 0.3) is 0 Å². The van der Waals surface area contributed by atoms with Gasteiger partial charge in [0.05, 0.1) is 12.6 Å². The van der Waals surface area contributed by atoms with Gasteiger partial charge < -0.3 is 10.1 Å². The molecule has 3 aromatic carbocycles. The van der Waals surface area contributed by atoms with Gasteiger partial charge in [-0.15, -0.1) is 5.10 Å². The van der Waals surface area contributed by atoms with Crippen LogP contribution in [-0.4, -0.2) is 40.0 Å². The highest BCUT2D eigenvalue weighted by atomic mass is 19.1. The Balaban J connectivity index is 1.59. The third-order valence-corrected chi connectivity index (χ3v) is 6.96. The Bertz CT molecular complexity index is 1430. The molecule has 1 atom stereocenters. The highest BCUT2D eigenvalue weighted by Crippen LogP contribution is 2.33. The summed E-state index contributed by atoms with van der Waals surface area (Å²) in [6, 6.07) is 19.0. The first-order valence-corrected chi connectivity index (χ1v) is 12.8. The lowest BCUT2D eigenvalue weighted by Gasteiger charge is -2.33. The topological polar surface area (TPSA) is 89.3 Å². The summed E-state index contributed by atoms with van der Waals surface area (Å²) in [6.07, 6.45) is 4.88. The molecule has 0 spiro atoms. The molecule has 1 aliphatic carbocycles. The van der Waals surface area contributed by atoms with Gasteiger partial charge >= 0.3 is 0 Å². The molecule has 1 fully saturated rings. The standard InChI is InChI=1S/C29H30FN5O3/c1-38-22-13-9-12-21(18-22)35(27(36)19-34-26-17-8-7-16-25(26)32-33-34)28(23-14-5-6-15-24(23)30)29(37)31-20-10-3-2-4-11-20/h5-9,12-18,20,28H,2-4,10-11,19H2,1H3,(H,31,37)/t28-/m1/s1. The van der Waals surface area contributed by atoms with E-state index in [4.69, 9.17) is 4.74 Å². The first-order chi connectivity index (χ1) is 18.5. The van der Waals surface area contributed by atoms with Crippen LogP contribution in [0.5, 0.6) is 5.75 Å². The van der Waals surface area contributed by atoms with Gasteiger partial charge in [-0.1, -0.05) is 60.9 Å². The maximum Gasteiger partial charge on any atom is 0.249 e. The molecule has 5 rings (SSSR count). The highest BCUT2D eigenvalue weighted by Gasteiger charge is 2.36. The molecule has 9 heteroatoms. The summed E-state index contributed by atoms with van der Waals surface area (Å²) in [7, 11) is 1.52. The van der Waals surface area contributed by atoms with Crippen molar-refractivity contribution in [3.8, 4) is 5.75 Å². The van der Waals surface area contributed by atoms with Crippen molar-refractivity contribution in [2.24, 2.45) is 0 Å². The lowest BCUT2D eigenvalue weighted by Crippen LogP contribution is -2.48. The number of carbonyl (C=O) groups excluding carboxylic acids is 2. The van der Waals surface area contributed by atoms with E-state index >= 15 is 4.39 Å². The Morgan fingerprint density at radius 2 is 1.82 bits per heavy atom. The van der Waals surface area contributed by atoms with Crippen LogP contribution in [0.3, 0.4) is 0 Å². The second kappa shape index (κ2) is 11.4. The normalized spacial score (nSPS) is 14.7. The van der Waals surface area contributed by atoms with Crippen LogP contribution in [-0.2, 0) is 16.1 Å². The van der Waals surface area contributed by atoms with Gasteiger partial charge in [-0.3, -0.25) is 14.5 Å². The molecular weight excluding hydrogens is 485 g/mol. The molecule has 1 heterocycles.